The second-order valence-electron chi connectivity index (χ2n) is 5.96. The van der Waals surface area contributed by atoms with Gasteiger partial charge in [0.25, 0.3) is 0 Å². The lowest BCUT2D eigenvalue weighted by Crippen LogP contribution is -2.43. The van der Waals surface area contributed by atoms with E-state index < -0.39 is 0 Å². The van der Waals surface area contributed by atoms with Gasteiger partial charge >= 0.3 is 0 Å². The fourth-order valence-corrected chi connectivity index (χ4v) is 3.67. The molecule has 2 aliphatic rings. The van der Waals surface area contributed by atoms with Gasteiger partial charge in [-0.15, -0.1) is 0 Å². The van der Waals surface area contributed by atoms with Crippen LogP contribution in [0.4, 0.5) is 0 Å². The monoisotopic (exact) mass is 255 g/mol. The average Bonchev–Trinajstić information content (AvgIpc) is 2.81. The van der Waals surface area contributed by atoms with Crippen molar-refractivity contribution in [3.05, 3.63) is 35.5 Å². The van der Waals surface area contributed by atoms with Crippen molar-refractivity contribution in [1.82, 2.24) is 14.8 Å². The van der Waals surface area contributed by atoms with Gasteiger partial charge < -0.3 is 14.8 Å². The van der Waals surface area contributed by atoms with Crippen LogP contribution >= 0.6 is 0 Å². The molecular formula is C16H21N3. The van der Waals surface area contributed by atoms with E-state index in [1.54, 1.807) is 0 Å². The topological polar surface area (TPSA) is 20.2 Å². The van der Waals surface area contributed by atoms with Crippen LogP contribution in [-0.4, -0.2) is 36.1 Å². The molecule has 0 radical (unpaired) electrons. The van der Waals surface area contributed by atoms with Crippen molar-refractivity contribution < 1.29 is 0 Å². The maximum absolute atomic E-state index is 3.68. The molecule has 3 heterocycles. The summed E-state index contributed by atoms with van der Waals surface area (Å²) < 4.78 is 2.47. The normalized spacial score (nSPS) is 23.9. The molecule has 3 heteroatoms. The fourth-order valence-electron chi connectivity index (χ4n) is 3.67. The highest BCUT2D eigenvalue weighted by Gasteiger charge is 2.24. The summed E-state index contributed by atoms with van der Waals surface area (Å²) in [4.78, 5) is 2.42. The van der Waals surface area contributed by atoms with Crippen molar-refractivity contribution in [2.45, 2.75) is 25.4 Å². The van der Waals surface area contributed by atoms with Gasteiger partial charge in [0.1, 0.15) is 0 Å². The Bertz CT molecular complexity index is 614. The maximum Gasteiger partial charge on any atom is 0.0516 e. The van der Waals surface area contributed by atoms with Crippen LogP contribution in [0.25, 0.3) is 10.9 Å². The molecule has 4 rings (SSSR count). The zero-order valence-corrected chi connectivity index (χ0v) is 11.5. The number of aromatic nitrogens is 1. The Labute approximate surface area is 114 Å². The Kier molecular flexibility index (Phi) is 2.64. The average molecular weight is 255 g/mol. The molecule has 1 aromatic heterocycles. The highest BCUT2D eigenvalue weighted by molar-refractivity contribution is 5.87. The summed E-state index contributed by atoms with van der Waals surface area (Å²) in [5.74, 6) is 0. The summed E-state index contributed by atoms with van der Waals surface area (Å²) in [5.41, 5.74) is 4.50. The fraction of sp³-hybridized carbons (Fsp3) is 0.500. The summed E-state index contributed by atoms with van der Waals surface area (Å²) in [7, 11) is 2.22. The molecule has 0 aliphatic carbocycles. The molecule has 19 heavy (non-hydrogen) atoms. The molecule has 0 spiro atoms. The Morgan fingerprint density at radius 3 is 3.11 bits per heavy atom. The number of aryl methyl sites for hydroxylation is 2. The lowest BCUT2D eigenvalue weighted by molar-refractivity contribution is 0.241. The van der Waals surface area contributed by atoms with Gasteiger partial charge in [0.15, 0.2) is 0 Å². The zero-order chi connectivity index (χ0) is 12.8. The number of hydrogen-bond acceptors (Lipinski definition) is 2. The van der Waals surface area contributed by atoms with E-state index in [4.69, 9.17) is 0 Å². The highest BCUT2D eigenvalue weighted by Crippen LogP contribution is 2.33. The van der Waals surface area contributed by atoms with Crippen molar-refractivity contribution in [3.8, 4) is 0 Å². The molecule has 1 saturated heterocycles. The molecular weight excluding hydrogens is 234 g/mol. The van der Waals surface area contributed by atoms with Crippen LogP contribution in [0.1, 0.15) is 23.6 Å². The van der Waals surface area contributed by atoms with Gasteiger partial charge in [0.05, 0.1) is 5.52 Å². The molecule has 1 N–H and O–H groups in total. The van der Waals surface area contributed by atoms with E-state index in [1.807, 2.05) is 0 Å². The number of piperazine rings is 1. The first-order valence-electron chi connectivity index (χ1n) is 7.35. The third-order valence-electron chi connectivity index (χ3n) is 4.61. The Hall–Kier alpha value is -1.32. The SMILES string of the molecule is CN1CCNC(c2cn3c4c(cccc24)CCC3)C1. The van der Waals surface area contributed by atoms with Crippen molar-refractivity contribution in [3.63, 3.8) is 0 Å². The van der Waals surface area contributed by atoms with Crippen molar-refractivity contribution in [2.75, 3.05) is 26.7 Å². The van der Waals surface area contributed by atoms with Crippen molar-refractivity contribution in [2.24, 2.45) is 0 Å². The van der Waals surface area contributed by atoms with Gasteiger partial charge in [-0.1, -0.05) is 18.2 Å². The largest absolute Gasteiger partial charge is 0.347 e. The van der Waals surface area contributed by atoms with E-state index in [2.05, 4.69) is 46.2 Å². The summed E-state index contributed by atoms with van der Waals surface area (Å²) in [6.45, 7) is 4.54. The summed E-state index contributed by atoms with van der Waals surface area (Å²) in [6, 6.07) is 7.30. The lowest BCUT2D eigenvalue weighted by Gasteiger charge is -2.30. The first-order chi connectivity index (χ1) is 9.33. The summed E-state index contributed by atoms with van der Waals surface area (Å²) in [5, 5.41) is 5.14. The maximum atomic E-state index is 3.68. The molecule has 1 fully saturated rings. The molecule has 100 valence electrons. The number of para-hydroxylation sites is 1. The summed E-state index contributed by atoms with van der Waals surface area (Å²) >= 11 is 0. The lowest BCUT2D eigenvalue weighted by atomic mass is 9.99. The zero-order valence-electron chi connectivity index (χ0n) is 11.5. The Morgan fingerprint density at radius 1 is 1.26 bits per heavy atom. The molecule has 0 amide bonds. The van der Waals surface area contributed by atoms with Gasteiger partial charge in [0, 0.05) is 43.8 Å². The van der Waals surface area contributed by atoms with Crippen LogP contribution in [0.15, 0.2) is 24.4 Å². The van der Waals surface area contributed by atoms with E-state index in [-0.39, 0.29) is 0 Å². The third-order valence-corrected chi connectivity index (χ3v) is 4.61. The second kappa shape index (κ2) is 4.36. The molecule has 1 aromatic carbocycles. The van der Waals surface area contributed by atoms with Crippen molar-refractivity contribution >= 4 is 10.9 Å². The number of hydrogen-bond donors (Lipinski definition) is 1. The molecule has 2 aliphatic heterocycles. The predicted octanol–water partition coefficient (Wildman–Crippen LogP) is 2.16. The summed E-state index contributed by atoms with van der Waals surface area (Å²) in [6.07, 6.45) is 4.90. The molecule has 0 bridgehead atoms. The van der Waals surface area contributed by atoms with E-state index in [1.165, 1.54) is 41.4 Å². The molecule has 3 nitrogen and oxygen atoms in total. The standard InChI is InChI=1S/C16H21N3/c1-18-9-7-17-15(11-18)14-10-19-8-3-5-12-4-2-6-13(14)16(12)19/h2,4,6,10,15,17H,3,5,7-9,11H2,1H3. The van der Waals surface area contributed by atoms with Crippen LogP contribution < -0.4 is 5.32 Å². The molecule has 1 unspecified atom stereocenters. The smallest absolute Gasteiger partial charge is 0.0516 e. The van der Waals surface area contributed by atoms with Crippen LogP contribution in [-0.2, 0) is 13.0 Å². The van der Waals surface area contributed by atoms with Gasteiger partial charge in [-0.25, -0.2) is 0 Å². The van der Waals surface area contributed by atoms with Crippen LogP contribution in [0.2, 0.25) is 0 Å². The number of nitrogens with one attached hydrogen (secondary N) is 1. The third kappa shape index (κ3) is 1.80. The molecule has 2 aromatic rings. The van der Waals surface area contributed by atoms with Crippen LogP contribution in [0, 0.1) is 0 Å². The van der Waals surface area contributed by atoms with Gasteiger partial charge in [-0.05, 0) is 31.0 Å². The minimum Gasteiger partial charge on any atom is -0.347 e. The highest BCUT2D eigenvalue weighted by atomic mass is 15.2. The minimum atomic E-state index is 0.482. The van der Waals surface area contributed by atoms with Crippen LogP contribution in [0.3, 0.4) is 0 Å². The first kappa shape index (κ1) is 11.5. The van der Waals surface area contributed by atoms with E-state index in [0.717, 1.165) is 19.6 Å². The number of benzene rings is 1. The quantitative estimate of drug-likeness (QED) is 0.842. The van der Waals surface area contributed by atoms with E-state index in [9.17, 15) is 0 Å². The Balaban J connectivity index is 1.85. The minimum absolute atomic E-state index is 0.482. The number of likely N-dealkylation sites (N-methyl/N-ethyl adjacent to an activating group) is 1. The number of rotatable bonds is 1. The van der Waals surface area contributed by atoms with Gasteiger partial charge in [-0.2, -0.15) is 0 Å². The first-order valence-corrected chi connectivity index (χ1v) is 7.35. The van der Waals surface area contributed by atoms with Gasteiger partial charge in [0.2, 0.25) is 0 Å². The molecule has 0 saturated carbocycles. The van der Waals surface area contributed by atoms with Crippen molar-refractivity contribution in [1.29, 1.82) is 0 Å². The second-order valence-corrected chi connectivity index (χ2v) is 5.96. The number of nitrogens with zero attached hydrogens (tertiary/aromatic N) is 2. The van der Waals surface area contributed by atoms with E-state index in [0.29, 0.717) is 6.04 Å². The van der Waals surface area contributed by atoms with Crippen LogP contribution in [0.5, 0.6) is 0 Å². The predicted molar refractivity (Wildman–Crippen MR) is 78.5 cm³/mol. The van der Waals surface area contributed by atoms with Gasteiger partial charge in [-0.3, -0.25) is 0 Å². The Morgan fingerprint density at radius 2 is 2.21 bits per heavy atom. The molecule has 1 atom stereocenters. The van der Waals surface area contributed by atoms with E-state index >= 15 is 0 Å².